The minimum absolute atomic E-state index is 0.0694. The van der Waals surface area contributed by atoms with Gasteiger partial charge >= 0.3 is 0 Å². The molecular formula is C11H15N3. The lowest BCUT2D eigenvalue weighted by molar-refractivity contribution is 0.625. The standard InChI is InChI=1S/C11H15N3/c1-2-5-9(12)10-8-14-7-4-3-6-11(14)13-10/h3-4,6-9H,2,5,12H2,1H3. The molecule has 3 nitrogen and oxygen atoms in total. The van der Waals surface area contributed by atoms with Crippen molar-refractivity contribution in [2.45, 2.75) is 25.8 Å². The first-order chi connectivity index (χ1) is 6.81. The predicted octanol–water partition coefficient (Wildman–Crippen LogP) is 2.13. The van der Waals surface area contributed by atoms with Crippen molar-refractivity contribution in [1.82, 2.24) is 9.38 Å². The molecule has 2 aromatic rings. The molecule has 2 heterocycles. The number of aromatic nitrogens is 2. The molecule has 0 fully saturated rings. The van der Waals surface area contributed by atoms with E-state index in [0.29, 0.717) is 0 Å². The Morgan fingerprint density at radius 3 is 3.07 bits per heavy atom. The summed E-state index contributed by atoms with van der Waals surface area (Å²) >= 11 is 0. The quantitative estimate of drug-likeness (QED) is 0.803. The molecule has 0 saturated carbocycles. The van der Waals surface area contributed by atoms with Gasteiger partial charge in [-0.2, -0.15) is 0 Å². The topological polar surface area (TPSA) is 43.3 Å². The highest BCUT2D eigenvalue weighted by atomic mass is 15.0. The van der Waals surface area contributed by atoms with Crippen LogP contribution in [0, 0.1) is 0 Å². The highest BCUT2D eigenvalue weighted by molar-refractivity contribution is 5.39. The second-order valence-corrected chi connectivity index (χ2v) is 3.53. The van der Waals surface area contributed by atoms with Crippen LogP contribution in [0.25, 0.3) is 5.65 Å². The summed E-state index contributed by atoms with van der Waals surface area (Å²) in [5, 5.41) is 0. The van der Waals surface area contributed by atoms with Gasteiger partial charge in [-0.3, -0.25) is 0 Å². The Morgan fingerprint density at radius 2 is 2.36 bits per heavy atom. The van der Waals surface area contributed by atoms with E-state index >= 15 is 0 Å². The molecule has 0 bridgehead atoms. The van der Waals surface area contributed by atoms with Crippen LogP contribution in [0.3, 0.4) is 0 Å². The van der Waals surface area contributed by atoms with E-state index in [2.05, 4.69) is 11.9 Å². The van der Waals surface area contributed by atoms with Gasteiger partial charge in [0, 0.05) is 18.4 Å². The van der Waals surface area contributed by atoms with Gasteiger partial charge in [-0.05, 0) is 18.6 Å². The second-order valence-electron chi connectivity index (χ2n) is 3.53. The Bertz CT molecular complexity index is 386. The van der Waals surface area contributed by atoms with E-state index in [1.807, 2.05) is 35.0 Å². The van der Waals surface area contributed by atoms with Crippen molar-refractivity contribution in [1.29, 1.82) is 0 Å². The fourth-order valence-corrected chi connectivity index (χ4v) is 1.59. The van der Waals surface area contributed by atoms with Crippen molar-refractivity contribution in [3.8, 4) is 0 Å². The van der Waals surface area contributed by atoms with Gasteiger partial charge in [0.25, 0.3) is 0 Å². The minimum atomic E-state index is 0.0694. The van der Waals surface area contributed by atoms with Crippen LogP contribution in [0.5, 0.6) is 0 Å². The summed E-state index contributed by atoms with van der Waals surface area (Å²) in [6.45, 7) is 2.13. The Labute approximate surface area is 83.6 Å². The summed E-state index contributed by atoms with van der Waals surface area (Å²) < 4.78 is 2.00. The molecule has 0 aromatic carbocycles. The third-order valence-corrected chi connectivity index (χ3v) is 2.36. The number of nitrogens with two attached hydrogens (primary N) is 1. The van der Waals surface area contributed by atoms with Crippen LogP contribution in [0.4, 0.5) is 0 Å². The Morgan fingerprint density at radius 1 is 1.50 bits per heavy atom. The van der Waals surface area contributed by atoms with Crippen LogP contribution in [-0.2, 0) is 0 Å². The van der Waals surface area contributed by atoms with E-state index in [9.17, 15) is 0 Å². The van der Waals surface area contributed by atoms with Crippen LogP contribution < -0.4 is 5.73 Å². The van der Waals surface area contributed by atoms with Crippen molar-refractivity contribution in [3.63, 3.8) is 0 Å². The maximum atomic E-state index is 5.99. The molecule has 0 aliphatic rings. The van der Waals surface area contributed by atoms with Crippen molar-refractivity contribution < 1.29 is 0 Å². The molecule has 0 aliphatic carbocycles. The normalized spacial score (nSPS) is 13.3. The highest BCUT2D eigenvalue weighted by Gasteiger charge is 2.08. The monoisotopic (exact) mass is 189 g/mol. The third-order valence-electron chi connectivity index (χ3n) is 2.36. The number of fused-ring (bicyclic) bond motifs is 1. The maximum Gasteiger partial charge on any atom is 0.137 e. The lowest BCUT2D eigenvalue weighted by Gasteiger charge is -2.04. The largest absolute Gasteiger partial charge is 0.323 e. The number of pyridine rings is 1. The van der Waals surface area contributed by atoms with Gasteiger partial charge in [0.2, 0.25) is 0 Å². The lowest BCUT2D eigenvalue weighted by Crippen LogP contribution is -2.09. The summed E-state index contributed by atoms with van der Waals surface area (Å²) in [7, 11) is 0. The zero-order chi connectivity index (χ0) is 9.97. The molecule has 0 radical (unpaired) electrons. The number of nitrogens with zero attached hydrogens (tertiary/aromatic N) is 2. The fraction of sp³-hybridized carbons (Fsp3) is 0.364. The minimum Gasteiger partial charge on any atom is -0.323 e. The molecule has 1 atom stereocenters. The number of imidazole rings is 1. The summed E-state index contributed by atoms with van der Waals surface area (Å²) in [4.78, 5) is 4.47. The van der Waals surface area contributed by atoms with Gasteiger partial charge in [-0.1, -0.05) is 19.4 Å². The SMILES string of the molecule is CCCC(N)c1cn2ccccc2n1. The fourth-order valence-electron chi connectivity index (χ4n) is 1.59. The van der Waals surface area contributed by atoms with Gasteiger partial charge in [0.15, 0.2) is 0 Å². The Hall–Kier alpha value is -1.35. The molecule has 0 amide bonds. The van der Waals surface area contributed by atoms with Crippen molar-refractivity contribution in [3.05, 3.63) is 36.3 Å². The van der Waals surface area contributed by atoms with Crippen LogP contribution in [-0.4, -0.2) is 9.38 Å². The van der Waals surface area contributed by atoms with Gasteiger partial charge in [-0.15, -0.1) is 0 Å². The Kier molecular flexibility index (Phi) is 2.50. The first kappa shape index (κ1) is 9.21. The molecule has 0 spiro atoms. The van der Waals surface area contributed by atoms with Crippen LogP contribution >= 0.6 is 0 Å². The first-order valence-electron chi connectivity index (χ1n) is 5.00. The molecule has 2 rings (SSSR count). The van der Waals surface area contributed by atoms with Crippen LogP contribution in [0.15, 0.2) is 30.6 Å². The van der Waals surface area contributed by atoms with Crippen molar-refractivity contribution in [2.75, 3.05) is 0 Å². The molecule has 0 saturated heterocycles. The van der Waals surface area contributed by atoms with E-state index in [4.69, 9.17) is 5.73 Å². The van der Waals surface area contributed by atoms with E-state index in [1.54, 1.807) is 0 Å². The van der Waals surface area contributed by atoms with E-state index in [1.165, 1.54) is 0 Å². The Balaban J connectivity index is 2.35. The van der Waals surface area contributed by atoms with Crippen LogP contribution in [0.2, 0.25) is 0 Å². The second kappa shape index (κ2) is 3.80. The number of hydrogen-bond acceptors (Lipinski definition) is 2. The molecule has 2 aromatic heterocycles. The molecule has 14 heavy (non-hydrogen) atoms. The summed E-state index contributed by atoms with van der Waals surface area (Å²) in [5.74, 6) is 0. The molecular weight excluding hydrogens is 174 g/mol. The molecule has 1 unspecified atom stereocenters. The average Bonchev–Trinajstić information content (AvgIpc) is 2.61. The van der Waals surface area contributed by atoms with Crippen molar-refractivity contribution in [2.24, 2.45) is 5.73 Å². The van der Waals surface area contributed by atoms with E-state index < -0.39 is 0 Å². The predicted molar refractivity (Wildman–Crippen MR) is 57.0 cm³/mol. The molecule has 74 valence electrons. The van der Waals surface area contributed by atoms with E-state index in [-0.39, 0.29) is 6.04 Å². The smallest absolute Gasteiger partial charge is 0.137 e. The van der Waals surface area contributed by atoms with Gasteiger partial charge in [-0.25, -0.2) is 4.98 Å². The van der Waals surface area contributed by atoms with Gasteiger partial charge in [0.1, 0.15) is 5.65 Å². The summed E-state index contributed by atoms with van der Waals surface area (Å²) in [6.07, 6.45) is 6.08. The van der Waals surface area contributed by atoms with Gasteiger partial charge < -0.3 is 10.1 Å². The zero-order valence-corrected chi connectivity index (χ0v) is 8.35. The summed E-state index contributed by atoms with van der Waals surface area (Å²) in [5.41, 5.74) is 7.94. The number of hydrogen-bond donors (Lipinski definition) is 1. The lowest BCUT2D eigenvalue weighted by atomic mass is 10.1. The average molecular weight is 189 g/mol. The molecule has 2 N–H and O–H groups in total. The number of rotatable bonds is 3. The maximum absolute atomic E-state index is 5.99. The summed E-state index contributed by atoms with van der Waals surface area (Å²) in [6, 6.07) is 6.03. The molecule has 0 aliphatic heterocycles. The molecule has 3 heteroatoms. The highest BCUT2D eigenvalue weighted by Crippen LogP contribution is 2.15. The first-order valence-corrected chi connectivity index (χ1v) is 5.00. The van der Waals surface area contributed by atoms with E-state index in [0.717, 1.165) is 24.2 Å². The van der Waals surface area contributed by atoms with Crippen molar-refractivity contribution >= 4 is 5.65 Å². The third kappa shape index (κ3) is 1.63. The van der Waals surface area contributed by atoms with Gasteiger partial charge in [0.05, 0.1) is 5.69 Å². The zero-order valence-electron chi connectivity index (χ0n) is 8.35. The van der Waals surface area contributed by atoms with Crippen LogP contribution in [0.1, 0.15) is 31.5 Å².